The third-order valence-corrected chi connectivity index (χ3v) is 4.27. The fourth-order valence-corrected chi connectivity index (χ4v) is 2.23. The van der Waals surface area contributed by atoms with Crippen LogP contribution in [0, 0.1) is 24.7 Å². The summed E-state index contributed by atoms with van der Waals surface area (Å²) in [6, 6.07) is 0. The van der Waals surface area contributed by atoms with Gasteiger partial charge in [0, 0.05) is 5.92 Å². The minimum Gasteiger partial charge on any atom is -0.465 e. The molecular formula is C17H26N4O5. The third-order valence-electron chi connectivity index (χ3n) is 4.27. The molecule has 2 unspecified atom stereocenters. The largest absolute Gasteiger partial charge is 0.465 e. The first-order valence-corrected chi connectivity index (χ1v) is 8.60. The zero-order chi connectivity index (χ0) is 19.3. The Balaban J connectivity index is 1.88. The SMILES string of the molecule is Cc1nc2c(ncn2COCC(CO)COC(=O)C(C)C(C)C)c(=O)[nH]1. The number of hydrogen-bond donors (Lipinski definition) is 2. The lowest BCUT2D eigenvalue weighted by atomic mass is 9.98. The second-order valence-electron chi connectivity index (χ2n) is 6.75. The lowest BCUT2D eigenvalue weighted by Gasteiger charge is -2.18. The molecule has 2 aromatic rings. The number of aliphatic hydroxyl groups is 1. The second-order valence-corrected chi connectivity index (χ2v) is 6.75. The van der Waals surface area contributed by atoms with Crippen LogP contribution in [0.1, 0.15) is 26.6 Å². The van der Waals surface area contributed by atoms with Gasteiger partial charge in [0.25, 0.3) is 5.56 Å². The van der Waals surface area contributed by atoms with Gasteiger partial charge in [-0.05, 0) is 12.8 Å². The highest BCUT2D eigenvalue weighted by Gasteiger charge is 2.20. The number of carbonyl (C=O) groups is 1. The summed E-state index contributed by atoms with van der Waals surface area (Å²) in [7, 11) is 0. The minimum atomic E-state index is -0.328. The molecule has 9 nitrogen and oxygen atoms in total. The number of aliphatic hydroxyl groups excluding tert-OH is 1. The standard InChI is InChI=1S/C17H26N4O5/c1-10(2)11(3)17(24)26-7-13(5-22)6-25-9-21-8-18-14-15(21)19-12(4)20-16(14)23/h8,10-11,13,22H,5-7,9H2,1-4H3,(H,19,20,23). The lowest BCUT2D eigenvalue weighted by Crippen LogP contribution is -2.26. The van der Waals surface area contributed by atoms with E-state index in [2.05, 4.69) is 15.0 Å². The predicted molar refractivity (Wildman–Crippen MR) is 94.4 cm³/mol. The number of H-pyrrole nitrogens is 1. The monoisotopic (exact) mass is 366 g/mol. The van der Waals surface area contributed by atoms with Crippen LogP contribution in [-0.4, -0.2) is 50.4 Å². The molecule has 0 saturated heterocycles. The number of aryl methyl sites for hydroxylation is 1. The second kappa shape index (κ2) is 8.91. The molecule has 0 fully saturated rings. The number of carbonyl (C=O) groups excluding carboxylic acids is 1. The molecule has 144 valence electrons. The lowest BCUT2D eigenvalue weighted by molar-refractivity contribution is -0.152. The van der Waals surface area contributed by atoms with E-state index in [1.54, 1.807) is 11.5 Å². The number of ether oxygens (including phenoxy) is 2. The van der Waals surface area contributed by atoms with Crippen molar-refractivity contribution in [2.24, 2.45) is 17.8 Å². The Hall–Kier alpha value is -2.26. The van der Waals surface area contributed by atoms with Crippen LogP contribution in [0.5, 0.6) is 0 Å². The van der Waals surface area contributed by atoms with Gasteiger partial charge in [-0.3, -0.25) is 14.2 Å². The minimum absolute atomic E-state index is 0.0914. The van der Waals surface area contributed by atoms with Crippen LogP contribution in [0.2, 0.25) is 0 Å². The van der Waals surface area contributed by atoms with Crippen molar-refractivity contribution in [1.82, 2.24) is 19.5 Å². The summed E-state index contributed by atoms with van der Waals surface area (Å²) in [4.78, 5) is 34.6. The van der Waals surface area contributed by atoms with Crippen molar-refractivity contribution in [2.45, 2.75) is 34.4 Å². The Kier molecular flexibility index (Phi) is 6.87. The van der Waals surface area contributed by atoms with Crippen molar-refractivity contribution in [3.05, 3.63) is 22.5 Å². The molecule has 2 heterocycles. The van der Waals surface area contributed by atoms with Gasteiger partial charge in [0.05, 0.1) is 32.1 Å². The number of fused-ring (bicyclic) bond motifs is 1. The zero-order valence-corrected chi connectivity index (χ0v) is 15.6. The van der Waals surface area contributed by atoms with E-state index < -0.39 is 0 Å². The zero-order valence-electron chi connectivity index (χ0n) is 15.6. The molecule has 9 heteroatoms. The summed E-state index contributed by atoms with van der Waals surface area (Å²) in [5.41, 5.74) is 0.379. The molecule has 2 aromatic heterocycles. The van der Waals surface area contributed by atoms with Crippen molar-refractivity contribution in [2.75, 3.05) is 19.8 Å². The molecule has 0 bridgehead atoms. The highest BCUT2D eigenvalue weighted by atomic mass is 16.5. The number of aromatic amines is 1. The summed E-state index contributed by atoms with van der Waals surface area (Å²) in [5.74, 6) is -0.118. The quantitative estimate of drug-likeness (QED) is 0.631. The average molecular weight is 366 g/mol. The van der Waals surface area contributed by atoms with E-state index in [0.717, 1.165) is 0 Å². The van der Waals surface area contributed by atoms with Crippen molar-refractivity contribution in [1.29, 1.82) is 0 Å². The molecule has 0 saturated carbocycles. The molecule has 0 aliphatic heterocycles. The van der Waals surface area contributed by atoms with Crippen molar-refractivity contribution in [3.63, 3.8) is 0 Å². The molecule has 2 rings (SSSR count). The van der Waals surface area contributed by atoms with Gasteiger partial charge in [-0.25, -0.2) is 9.97 Å². The topological polar surface area (TPSA) is 119 Å². The van der Waals surface area contributed by atoms with Crippen LogP contribution in [0.4, 0.5) is 0 Å². The van der Waals surface area contributed by atoms with Crippen LogP contribution in [0.15, 0.2) is 11.1 Å². The van der Waals surface area contributed by atoms with E-state index in [0.29, 0.717) is 11.5 Å². The van der Waals surface area contributed by atoms with Crippen LogP contribution < -0.4 is 5.56 Å². The Morgan fingerprint density at radius 1 is 1.35 bits per heavy atom. The molecule has 0 aromatic carbocycles. The van der Waals surface area contributed by atoms with E-state index in [-0.39, 0.29) is 61.4 Å². The summed E-state index contributed by atoms with van der Waals surface area (Å²) in [6.45, 7) is 7.66. The van der Waals surface area contributed by atoms with Gasteiger partial charge < -0.3 is 19.6 Å². The molecule has 2 atom stereocenters. The van der Waals surface area contributed by atoms with E-state index in [4.69, 9.17) is 9.47 Å². The average Bonchev–Trinajstić information content (AvgIpc) is 2.99. The normalized spacial score (nSPS) is 13.9. The molecule has 0 amide bonds. The van der Waals surface area contributed by atoms with Gasteiger partial charge in [0.2, 0.25) is 0 Å². The van der Waals surface area contributed by atoms with Gasteiger partial charge >= 0.3 is 5.97 Å². The number of esters is 1. The van der Waals surface area contributed by atoms with Gasteiger partial charge in [-0.15, -0.1) is 0 Å². The van der Waals surface area contributed by atoms with E-state index in [1.807, 2.05) is 20.8 Å². The summed E-state index contributed by atoms with van der Waals surface area (Å²) in [5, 5.41) is 9.44. The van der Waals surface area contributed by atoms with E-state index in [9.17, 15) is 14.7 Å². The molecule has 0 aliphatic carbocycles. The maximum Gasteiger partial charge on any atom is 0.308 e. The fourth-order valence-electron chi connectivity index (χ4n) is 2.23. The molecule has 0 radical (unpaired) electrons. The van der Waals surface area contributed by atoms with Crippen LogP contribution in [-0.2, 0) is 21.0 Å². The maximum atomic E-state index is 11.9. The number of aromatic nitrogens is 4. The number of imidazole rings is 1. The molecular weight excluding hydrogens is 340 g/mol. The highest BCUT2D eigenvalue weighted by Crippen LogP contribution is 2.12. The van der Waals surface area contributed by atoms with Gasteiger partial charge in [-0.1, -0.05) is 20.8 Å². The summed E-state index contributed by atoms with van der Waals surface area (Å²) < 4.78 is 12.4. The maximum absolute atomic E-state index is 11.9. The number of hydrogen-bond acceptors (Lipinski definition) is 7. The summed E-state index contributed by atoms with van der Waals surface area (Å²) in [6.07, 6.45) is 1.48. The number of rotatable bonds is 9. The van der Waals surface area contributed by atoms with Gasteiger partial charge in [-0.2, -0.15) is 0 Å². The Morgan fingerprint density at radius 3 is 2.73 bits per heavy atom. The Morgan fingerprint density at radius 2 is 2.08 bits per heavy atom. The molecule has 0 aliphatic rings. The van der Waals surface area contributed by atoms with Crippen molar-refractivity contribution in [3.8, 4) is 0 Å². The van der Waals surface area contributed by atoms with Crippen LogP contribution in [0.25, 0.3) is 11.2 Å². The van der Waals surface area contributed by atoms with Gasteiger partial charge in [0.15, 0.2) is 11.2 Å². The first-order chi connectivity index (χ1) is 12.3. The van der Waals surface area contributed by atoms with E-state index in [1.165, 1.54) is 6.33 Å². The molecule has 2 N–H and O–H groups in total. The van der Waals surface area contributed by atoms with Crippen LogP contribution in [0.3, 0.4) is 0 Å². The molecule has 0 spiro atoms. The predicted octanol–water partition coefficient (Wildman–Crippen LogP) is 0.846. The third kappa shape index (κ3) is 4.89. The van der Waals surface area contributed by atoms with Crippen LogP contribution >= 0.6 is 0 Å². The van der Waals surface area contributed by atoms with Crippen molar-refractivity contribution < 1.29 is 19.4 Å². The fraction of sp³-hybridized carbons (Fsp3) is 0.647. The highest BCUT2D eigenvalue weighted by molar-refractivity contribution is 5.72. The van der Waals surface area contributed by atoms with E-state index >= 15 is 0 Å². The van der Waals surface area contributed by atoms with Crippen molar-refractivity contribution >= 4 is 17.1 Å². The summed E-state index contributed by atoms with van der Waals surface area (Å²) >= 11 is 0. The number of nitrogens with one attached hydrogen (secondary N) is 1. The smallest absolute Gasteiger partial charge is 0.308 e. The van der Waals surface area contributed by atoms with Gasteiger partial charge in [0.1, 0.15) is 12.6 Å². The number of nitrogens with zero attached hydrogens (tertiary/aromatic N) is 3. The first kappa shape index (κ1) is 20.1. The first-order valence-electron chi connectivity index (χ1n) is 8.60. The Bertz CT molecular complexity index is 798. The molecule has 26 heavy (non-hydrogen) atoms. The Labute approximate surface area is 151 Å².